The second-order valence-electron chi connectivity index (χ2n) is 3.31. The highest BCUT2D eigenvalue weighted by Gasteiger charge is 2.08. The molecule has 1 rings (SSSR count). The van der Waals surface area contributed by atoms with Crippen LogP contribution in [0.15, 0.2) is 21.2 Å². The Labute approximate surface area is 96.8 Å². The highest BCUT2D eigenvalue weighted by atomic mass is 79.9. The van der Waals surface area contributed by atoms with Crippen LogP contribution >= 0.6 is 15.9 Å². The van der Waals surface area contributed by atoms with E-state index in [0.29, 0.717) is 17.6 Å². The normalized spacial score (nSPS) is 12.7. The second-order valence-corrected chi connectivity index (χ2v) is 4.10. The van der Waals surface area contributed by atoms with E-state index in [9.17, 15) is 4.79 Å². The topological polar surface area (TPSA) is 62.5 Å². The Bertz CT molecular complexity index is 324. The molecule has 0 saturated heterocycles. The zero-order valence-electron chi connectivity index (χ0n) is 8.50. The summed E-state index contributed by atoms with van der Waals surface area (Å²) in [5.74, 6) is 0.0856. The van der Waals surface area contributed by atoms with Gasteiger partial charge in [-0.15, -0.1) is 0 Å². The first kappa shape index (κ1) is 12.3. The molecule has 1 unspecified atom stereocenters. The summed E-state index contributed by atoms with van der Waals surface area (Å²) in [5.41, 5.74) is 0. The van der Waals surface area contributed by atoms with Gasteiger partial charge in [0.2, 0.25) is 0 Å². The van der Waals surface area contributed by atoms with Crippen molar-refractivity contribution < 1.29 is 14.3 Å². The van der Waals surface area contributed by atoms with Gasteiger partial charge in [0.05, 0.1) is 6.04 Å². The maximum absolute atomic E-state index is 10.3. The average molecular weight is 276 g/mol. The fourth-order valence-corrected chi connectivity index (χ4v) is 1.54. The summed E-state index contributed by atoms with van der Waals surface area (Å²) in [7, 11) is 0. The Morgan fingerprint density at radius 1 is 1.67 bits per heavy atom. The van der Waals surface area contributed by atoms with Crippen molar-refractivity contribution in [3.8, 4) is 0 Å². The van der Waals surface area contributed by atoms with E-state index in [1.165, 1.54) is 0 Å². The summed E-state index contributed by atoms with van der Waals surface area (Å²) in [6, 6.07) is 3.83. The van der Waals surface area contributed by atoms with Gasteiger partial charge in [0, 0.05) is 6.42 Å². The van der Waals surface area contributed by atoms with E-state index < -0.39 is 5.97 Å². The molecule has 0 fully saturated rings. The molecule has 0 aromatic carbocycles. The van der Waals surface area contributed by atoms with E-state index in [0.717, 1.165) is 5.76 Å². The molecule has 1 aromatic rings. The lowest BCUT2D eigenvalue weighted by Gasteiger charge is -2.10. The Morgan fingerprint density at radius 3 is 2.93 bits per heavy atom. The molecule has 0 aliphatic carbocycles. The van der Waals surface area contributed by atoms with Crippen molar-refractivity contribution in [2.45, 2.75) is 25.8 Å². The van der Waals surface area contributed by atoms with Crippen LogP contribution in [0, 0.1) is 0 Å². The molecule has 0 aliphatic rings. The molecule has 0 saturated carbocycles. The molecular weight excluding hydrogens is 262 g/mol. The lowest BCUT2D eigenvalue weighted by molar-refractivity contribution is -0.137. The van der Waals surface area contributed by atoms with Crippen LogP contribution in [0.3, 0.4) is 0 Å². The van der Waals surface area contributed by atoms with E-state index in [-0.39, 0.29) is 12.5 Å². The Morgan fingerprint density at radius 2 is 2.40 bits per heavy atom. The van der Waals surface area contributed by atoms with Crippen LogP contribution in [0.1, 0.15) is 31.6 Å². The Balaban J connectivity index is 2.24. The van der Waals surface area contributed by atoms with Crippen molar-refractivity contribution >= 4 is 21.9 Å². The predicted molar refractivity (Wildman–Crippen MR) is 59.7 cm³/mol. The number of hydrogen-bond acceptors (Lipinski definition) is 3. The summed E-state index contributed by atoms with van der Waals surface area (Å²) < 4.78 is 6.07. The third-order valence-corrected chi connectivity index (χ3v) is 2.46. The number of furan rings is 1. The minimum absolute atomic E-state index is 0.102. The van der Waals surface area contributed by atoms with Crippen LogP contribution in [0.25, 0.3) is 0 Å². The average Bonchev–Trinajstić information content (AvgIpc) is 2.59. The molecule has 0 amide bonds. The van der Waals surface area contributed by atoms with Crippen LogP contribution in [-0.4, -0.2) is 17.6 Å². The molecule has 0 aliphatic heterocycles. The largest absolute Gasteiger partial charge is 0.481 e. The summed E-state index contributed by atoms with van der Waals surface area (Å²) in [4.78, 5) is 10.3. The van der Waals surface area contributed by atoms with Gasteiger partial charge in [0.15, 0.2) is 4.67 Å². The van der Waals surface area contributed by atoms with E-state index in [1.54, 1.807) is 0 Å². The predicted octanol–water partition coefficient (Wildman–Crippen LogP) is 2.56. The summed E-state index contributed by atoms with van der Waals surface area (Å²) in [6.07, 6.45) is 0.823. The summed E-state index contributed by atoms with van der Waals surface area (Å²) >= 11 is 3.23. The molecule has 1 atom stereocenters. The molecule has 0 spiro atoms. The highest BCUT2D eigenvalue weighted by Crippen LogP contribution is 2.19. The lowest BCUT2D eigenvalue weighted by Crippen LogP contribution is -2.20. The van der Waals surface area contributed by atoms with Crippen molar-refractivity contribution in [2.75, 3.05) is 6.54 Å². The SMILES string of the molecule is CC(NCCCC(=O)O)c1ccc(Br)o1. The van der Waals surface area contributed by atoms with E-state index in [1.807, 2.05) is 19.1 Å². The third kappa shape index (κ3) is 4.48. The van der Waals surface area contributed by atoms with Gasteiger partial charge < -0.3 is 14.8 Å². The first-order valence-corrected chi connectivity index (χ1v) is 5.59. The van der Waals surface area contributed by atoms with Crippen LogP contribution < -0.4 is 5.32 Å². The standard InChI is InChI=1S/C10H14BrNO3/c1-7(8-4-5-9(11)15-8)12-6-2-3-10(13)14/h4-5,7,12H,2-3,6H2,1H3,(H,13,14). The fraction of sp³-hybridized carbons (Fsp3) is 0.500. The van der Waals surface area contributed by atoms with Crippen LogP contribution in [0.2, 0.25) is 0 Å². The number of rotatable bonds is 6. The molecule has 15 heavy (non-hydrogen) atoms. The van der Waals surface area contributed by atoms with Gasteiger partial charge in [-0.2, -0.15) is 0 Å². The van der Waals surface area contributed by atoms with Gasteiger partial charge in [-0.1, -0.05) is 0 Å². The molecule has 5 heteroatoms. The summed E-state index contributed by atoms with van der Waals surface area (Å²) in [5, 5.41) is 11.6. The molecule has 1 heterocycles. The van der Waals surface area contributed by atoms with Gasteiger partial charge in [0.1, 0.15) is 5.76 Å². The molecular formula is C10H14BrNO3. The van der Waals surface area contributed by atoms with Gasteiger partial charge in [0.25, 0.3) is 0 Å². The maximum Gasteiger partial charge on any atom is 0.303 e. The number of hydrogen-bond donors (Lipinski definition) is 2. The maximum atomic E-state index is 10.3. The first-order valence-electron chi connectivity index (χ1n) is 4.80. The van der Waals surface area contributed by atoms with E-state index in [2.05, 4.69) is 21.2 Å². The van der Waals surface area contributed by atoms with Crippen molar-refractivity contribution in [3.63, 3.8) is 0 Å². The second kappa shape index (κ2) is 5.92. The molecule has 0 radical (unpaired) electrons. The highest BCUT2D eigenvalue weighted by molar-refractivity contribution is 9.10. The molecule has 1 aromatic heterocycles. The number of nitrogens with one attached hydrogen (secondary N) is 1. The molecule has 2 N–H and O–H groups in total. The first-order chi connectivity index (χ1) is 7.09. The van der Waals surface area contributed by atoms with Crippen molar-refractivity contribution in [1.29, 1.82) is 0 Å². The van der Waals surface area contributed by atoms with Gasteiger partial charge in [-0.25, -0.2) is 0 Å². The number of aliphatic carboxylic acids is 1. The van der Waals surface area contributed by atoms with Gasteiger partial charge in [-0.05, 0) is 48.0 Å². The minimum Gasteiger partial charge on any atom is -0.481 e. The van der Waals surface area contributed by atoms with E-state index >= 15 is 0 Å². The van der Waals surface area contributed by atoms with Crippen LogP contribution in [-0.2, 0) is 4.79 Å². The zero-order valence-corrected chi connectivity index (χ0v) is 10.1. The zero-order chi connectivity index (χ0) is 11.3. The third-order valence-electron chi connectivity index (χ3n) is 2.04. The number of carbonyl (C=O) groups is 1. The Kier molecular flexibility index (Phi) is 4.84. The summed E-state index contributed by atoms with van der Waals surface area (Å²) in [6.45, 7) is 2.65. The number of halogens is 1. The quantitative estimate of drug-likeness (QED) is 0.784. The van der Waals surface area contributed by atoms with Gasteiger partial charge in [-0.3, -0.25) is 4.79 Å². The molecule has 4 nitrogen and oxygen atoms in total. The van der Waals surface area contributed by atoms with E-state index in [4.69, 9.17) is 9.52 Å². The number of carboxylic acid groups (broad SMARTS) is 1. The lowest BCUT2D eigenvalue weighted by atomic mass is 10.2. The van der Waals surface area contributed by atoms with Crippen molar-refractivity contribution in [3.05, 3.63) is 22.6 Å². The molecule has 84 valence electrons. The Hall–Kier alpha value is -0.810. The fourth-order valence-electron chi connectivity index (χ4n) is 1.22. The monoisotopic (exact) mass is 275 g/mol. The van der Waals surface area contributed by atoms with Crippen molar-refractivity contribution in [1.82, 2.24) is 5.32 Å². The smallest absolute Gasteiger partial charge is 0.303 e. The minimum atomic E-state index is -0.759. The van der Waals surface area contributed by atoms with Gasteiger partial charge >= 0.3 is 5.97 Å². The van der Waals surface area contributed by atoms with Crippen LogP contribution in [0.4, 0.5) is 0 Å². The van der Waals surface area contributed by atoms with Crippen molar-refractivity contribution in [2.24, 2.45) is 0 Å². The number of carboxylic acids is 1. The molecule has 0 bridgehead atoms. The van der Waals surface area contributed by atoms with Crippen LogP contribution in [0.5, 0.6) is 0 Å².